The van der Waals surface area contributed by atoms with Gasteiger partial charge in [0.15, 0.2) is 11.5 Å². The van der Waals surface area contributed by atoms with Gasteiger partial charge in [0.1, 0.15) is 22.7 Å². The molecule has 1 aliphatic carbocycles. The second kappa shape index (κ2) is 8.62. The molecule has 0 saturated heterocycles. The SMILES string of the molecule is C=C1CCCC(C)(C)[C@H]1CC[C@@]1(C)C=Cc2c(cc(/C=C/c3ccc(O)c(O)c3)oc2=O)O1. The maximum Gasteiger partial charge on any atom is 0.347 e. The molecule has 2 aromatic rings. The van der Waals surface area contributed by atoms with E-state index < -0.39 is 11.2 Å². The summed E-state index contributed by atoms with van der Waals surface area (Å²) >= 11 is 0. The Labute approximate surface area is 194 Å². The van der Waals surface area contributed by atoms with E-state index in [0.717, 1.165) is 19.3 Å². The lowest BCUT2D eigenvalue weighted by Gasteiger charge is -2.42. The molecule has 174 valence electrons. The molecule has 4 rings (SSSR count). The predicted molar refractivity (Wildman–Crippen MR) is 131 cm³/mol. The molecule has 2 heterocycles. The van der Waals surface area contributed by atoms with Crippen LogP contribution in [-0.2, 0) is 0 Å². The first-order valence-electron chi connectivity index (χ1n) is 11.5. The molecular formula is C28H32O5. The molecule has 1 fully saturated rings. The lowest BCUT2D eigenvalue weighted by Crippen LogP contribution is -2.36. The molecule has 1 aromatic carbocycles. The minimum atomic E-state index is -0.516. The minimum Gasteiger partial charge on any atom is -0.504 e. The van der Waals surface area contributed by atoms with Gasteiger partial charge in [-0.25, -0.2) is 4.79 Å². The number of phenolic OH excluding ortho intramolecular Hbond substituents is 2. The van der Waals surface area contributed by atoms with E-state index in [1.54, 1.807) is 30.4 Å². The second-order valence-corrected chi connectivity index (χ2v) is 10.1. The van der Waals surface area contributed by atoms with Gasteiger partial charge in [-0.05, 0) is 86.3 Å². The summed E-state index contributed by atoms with van der Waals surface area (Å²) in [7, 11) is 0. The van der Waals surface area contributed by atoms with Crippen molar-refractivity contribution in [1.82, 2.24) is 0 Å². The molecule has 5 nitrogen and oxygen atoms in total. The van der Waals surface area contributed by atoms with Crippen LogP contribution >= 0.6 is 0 Å². The Kier molecular flexibility index (Phi) is 6.00. The van der Waals surface area contributed by atoms with Crippen LogP contribution in [0, 0.1) is 11.3 Å². The molecular weight excluding hydrogens is 416 g/mol. The highest BCUT2D eigenvalue weighted by Gasteiger charge is 2.37. The molecule has 33 heavy (non-hydrogen) atoms. The van der Waals surface area contributed by atoms with Crippen molar-refractivity contribution >= 4 is 18.2 Å². The predicted octanol–water partition coefficient (Wildman–Crippen LogP) is 6.55. The molecule has 5 heteroatoms. The second-order valence-electron chi connectivity index (χ2n) is 10.1. The van der Waals surface area contributed by atoms with E-state index in [0.29, 0.717) is 28.6 Å². The van der Waals surface area contributed by atoms with Crippen molar-refractivity contribution in [2.45, 2.75) is 58.5 Å². The number of hydrogen-bond acceptors (Lipinski definition) is 5. The zero-order valence-corrected chi connectivity index (χ0v) is 19.6. The largest absolute Gasteiger partial charge is 0.504 e. The van der Waals surface area contributed by atoms with E-state index in [1.807, 2.05) is 13.0 Å². The first-order valence-corrected chi connectivity index (χ1v) is 11.5. The topological polar surface area (TPSA) is 79.9 Å². The third-order valence-corrected chi connectivity index (χ3v) is 7.04. The third-order valence-electron chi connectivity index (χ3n) is 7.04. The van der Waals surface area contributed by atoms with E-state index >= 15 is 0 Å². The van der Waals surface area contributed by atoms with Gasteiger partial charge >= 0.3 is 5.63 Å². The van der Waals surface area contributed by atoms with E-state index in [-0.39, 0.29) is 16.9 Å². The van der Waals surface area contributed by atoms with Gasteiger partial charge in [-0.15, -0.1) is 0 Å². The van der Waals surface area contributed by atoms with Crippen LogP contribution in [0.1, 0.15) is 69.8 Å². The zero-order chi connectivity index (χ0) is 23.8. The number of fused-ring (bicyclic) bond motifs is 1. The van der Waals surface area contributed by atoms with Crippen LogP contribution in [0.5, 0.6) is 17.2 Å². The number of phenols is 2. The summed E-state index contributed by atoms with van der Waals surface area (Å²) in [6.07, 6.45) is 12.4. The number of allylic oxidation sites excluding steroid dienone is 1. The Morgan fingerprint density at radius 1 is 1.15 bits per heavy atom. The van der Waals surface area contributed by atoms with Gasteiger partial charge in [-0.2, -0.15) is 0 Å². The van der Waals surface area contributed by atoms with Crippen LogP contribution in [0.25, 0.3) is 18.2 Å². The molecule has 2 atom stereocenters. The van der Waals surface area contributed by atoms with Crippen LogP contribution in [0.4, 0.5) is 0 Å². The Hall–Kier alpha value is -3.21. The Balaban J connectivity index is 1.52. The Bertz CT molecular complexity index is 1180. The highest BCUT2D eigenvalue weighted by molar-refractivity contribution is 5.70. The summed E-state index contributed by atoms with van der Waals surface area (Å²) in [5.41, 5.74) is 1.67. The highest BCUT2D eigenvalue weighted by Crippen LogP contribution is 2.46. The maximum absolute atomic E-state index is 12.5. The van der Waals surface area contributed by atoms with Crippen molar-refractivity contribution in [3.8, 4) is 17.2 Å². The Morgan fingerprint density at radius 3 is 2.67 bits per heavy atom. The van der Waals surface area contributed by atoms with Crippen molar-refractivity contribution in [2.24, 2.45) is 11.3 Å². The van der Waals surface area contributed by atoms with Gasteiger partial charge in [-0.3, -0.25) is 0 Å². The third kappa shape index (κ3) is 4.92. The van der Waals surface area contributed by atoms with Crippen LogP contribution in [0.3, 0.4) is 0 Å². The number of rotatable bonds is 5. The van der Waals surface area contributed by atoms with Gasteiger partial charge in [0, 0.05) is 6.07 Å². The molecule has 0 bridgehead atoms. The molecule has 1 aliphatic heterocycles. The van der Waals surface area contributed by atoms with Crippen LogP contribution in [0.15, 0.2) is 51.7 Å². The number of aromatic hydroxyl groups is 2. The standard InChI is InChI=1S/C28H32O5/c1-18-6-5-13-27(2,3)22(18)12-15-28(4)14-11-21-25(33-28)17-20(32-26(21)31)9-7-19-8-10-23(29)24(30)16-19/h7-11,14,16-17,22,29-30H,1,5-6,12-13,15H2,2-4H3/b9-7+/t22-,28+/m0/s1. The van der Waals surface area contributed by atoms with Crippen molar-refractivity contribution < 1.29 is 19.4 Å². The molecule has 2 aliphatic rings. The van der Waals surface area contributed by atoms with Crippen molar-refractivity contribution in [2.75, 3.05) is 0 Å². The van der Waals surface area contributed by atoms with Gasteiger partial charge < -0.3 is 19.4 Å². The zero-order valence-electron chi connectivity index (χ0n) is 19.6. The molecule has 0 amide bonds. The van der Waals surface area contributed by atoms with Crippen molar-refractivity contribution in [3.63, 3.8) is 0 Å². The average Bonchev–Trinajstić information content (AvgIpc) is 2.73. The minimum absolute atomic E-state index is 0.188. The van der Waals surface area contributed by atoms with Gasteiger partial charge in [0.25, 0.3) is 0 Å². The quantitative estimate of drug-likeness (QED) is 0.400. The van der Waals surface area contributed by atoms with Crippen LogP contribution in [-0.4, -0.2) is 15.8 Å². The smallest absolute Gasteiger partial charge is 0.347 e. The Morgan fingerprint density at radius 2 is 1.94 bits per heavy atom. The molecule has 2 N–H and O–H groups in total. The molecule has 0 radical (unpaired) electrons. The van der Waals surface area contributed by atoms with E-state index in [1.165, 1.54) is 30.5 Å². The summed E-state index contributed by atoms with van der Waals surface area (Å²) in [6.45, 7) is 11.0. The lowest BCUT2D eigenvalue weighted by atomic mass is 9.64. The number of hydrogen-bond donors (Lipinski definition) is 2. The lowest BCUT2D eigenvalue weighted by molar-refractivity contribution is 0.0979. The summed E-state index contributed by atoms with van der Waals surface area (Å²) < 4.78 is 11.8. The fourth-order valence-electron chi connectivity index (χ4n) is 5.02. The van der Waals surface area contributed by atoms with Gasteiger partial charge in [0.05, 0.1) is 0 Å². The molecule has 1 saturated carbocycles. The summed E-state index contributed by atoms with van der Waals surface area (Å²) in [5, 5.41) is 19.1. The van der Waals surface area contributed by atoms with Crippen molar-refractivity contribution in [3.05, 3.63) is 69.8 Å². The fraction of sp³-hybridized carbons (Fsp3) is 0.393. The van der Waals surface area contributed by atoms with Crippen LogP contribution in [0.2, 0.25) is 0 Å². The first-order chi connectivity index (χ1) is 15.6. The summed E-state index contributed by atoms with van der Waals surface area (Å²) in [5.74, 6) is 0.920. The first kappa shape index (κ1) is 23.0. The van der Waals surface area contributed by atoms with E-state index in [4.69, 9.17) is 9.15 Å². The molecule has 0 unspecified atom stereocenters. The number of benzene rings is 1. The summed E-state index contributed by atoms with van der Waals surface area (Å²) in [6, 6.07) is 6.20. The highest BCUT2D eigenvalue weighted by atomic mass is 16.5. The fourth-order valence-corrected chi connectivity index (χ4v) is 5.02. The van der Waals surface area contributed by atoms with Crippen molar-refractivity contribution in [1.29, 1.82) is 0 Å². The number of ether oxygens (including phenoxy) is 1. The normalized spacial score (nSPS) is 24.0. The molecule has 1 aromatic heterocycles. The van der Waals surface area contributed by atoms with E-state index in [2.05, 4.69) is 20.4 Å². The molecule has 0 spiro atoms. The summed E-state index contributed by atoms with van der Waals surface area (Å²) in [4.78, 5) is 12.5. The average molecular weight is 449 g/mol. The van der Waals surface area contributed by atoms with Crippen LogP contribution < -0.4 is 10.4 Å². The maximum atomic E-state index is 12.5. The van der Waals surface area contributed by atoms with E-state index in [9.17, 15) is 15.0 Å². The monoisotopic (exact) mass is 448 g/mol. The van der Waals surface area contributed by atoms with Gasteiger partial charge in [0.2, 0.25) is 0 Å². The van der Waals surface area contributed by atoms with Gasteiger partial charge in [-0.1, -0.05) is 38.1 Å².